The highest BCUT2D eigenvalue weighted by molar-refractivity contribution is 5.39. The van der Waals surface area contributed by atoms with Crippen LogP contribution in [0.1, 0.15) is 37.3 Å². The maximum Gasteiger partial charge on any atom is 0.416 e. The van der Waals surface area contributed by atoms with Crippen LogP contribution in [0.3, 0.4) is 0 Å². The van der Waals surface area contributed by atoms with E-state index in [9.17, 15) is 13.2 Å². The molecule has 0 spiro atoms. The van der Waals surface area contributed by atoms with Crippen molar-refractivity contribution in [2.24, 2.45) is 0 Å². The summed E-state index contributed by atoms with van der Waals surface area (Å²) in [6, 6.07) is 4.12. The molecule has 0 saturated heterocycles. The Labute approximate surface area is 93.2 Å². The molecular formula is C12H15F3O. The van der Waals surface area contributed by atoms with E-state index < -0.39 is 11.7 Å². The van der Waals surface area contributed by atoms with Crippen LogP contribution in [0.4, 0.5) is 13.2 Å². The summed E-state index contributed by atoms with van der Waals surface area (Å²) in [6.45, 7) is 3.66. The summed E-state index contributed by atoms with van der Waals surface area (Å²) in [5.74, 6) is 0.127. The van der Waals surface area contributed by atoms with Crippen LogP contribution in [-0.2, 0) is 6.18 Å². The van der Waals surface area contributed by atoms with E-state index in [2.05, 4.69) is 0 Å². The molecule has 0 aliphatic carbocycles. The number of methoxy groups -OCH3 is 1. The van der Waals surface area contributed by atoms with E-state index in [1.54, 1.807) is 13.0 Å². The topological polar surface area (TPSA) is 9.23 Å². The van der Waals surface area contributed by atoms with Crippen molar-refractivity contribution < 1.29 is 17.9 Å². The Morgan fingerprint density at radius 3 is 2.38 bits per heavy atom. The van der Waals surface area contributed by atoms with Crippen LogP contribution in [0.25, 0.3) is 0 Å². The zero-order valence-corrected chi connectivity index (χ0v) is 9.56. The van der Waals surface area contributed by atoms with Gasteiger partial charge in [0.2, 0.25) is 0 Å². The van der Waals surface area contributed by atoms with E-state index in [0.717, 1.165) is 6.07 Å². The smallest absolute Gasteiger partial charge is 0.416 e. The Balaban J connectivity index is 3.27. The number of hydrogen-bond donors (Lipinski definition) is 0. The van der Waals surface area contributed by atoms with Gasteiger partial charge in [0.05, 0.1) is 12.7 Å². The van der Waals surface area contributed by atoms with E-state index >= 15 is 0 Å². The van der Waals surface area contributed by atoms with E-state index in [0.29, 0.717) is 12.0 Å². The second-order valence-corrected chi connectivity index (χ2v) is 3.76. The Hall–Kier alpha value is -1.19. The standard InChI is InChI=1S/C12H15F3O/c1-4-8(2)10-6-5-9(16-3)7-11(10)12(13,14)15/h5-8H,4H2,1-3H3. The first kappa shape index (κ1) is 12.9. The van der Waals surface area contributed by atoms with Gasteiger partial charge in [0.15, 0.2) is 0 Å². The van der Waals surface area contributed by atoms with Crippen LogP contribution in [0, 0.1) is 0 Å². The Bertz CT molecular complexity index is 358. The van der Waals surface area contributed by atoms with Crippen molar-refractivity contribution in [3.8, 4) is 5.75 Å². The van der Waals surface area contributed by atoms with Crippen LogP contribution in [0.15, 0.2) is 18.2 Å². The highest BCUT2D eigenvalue weighted by atomic mass is 19.4. The molecule has 1 rings (SSSR count). The molecule has 0 heterocycles. The summed E-state index contributed by atoms with van der Waals surface area (Å²) in [7, 11) is 1.36. The monoisotopic (exact) mass is 232 g/mol. The van der Waals surface area contributed by atoms with Gasteiger partial charge in [0, 0.05) is 0 Å². The molecule has 90 valence electrons. The summed E-state index contributed by atoms with van der Waals surface area (Å²) in [5.41, 5.74) is -0.267. The van der Waals surface area contributed by atoms with Crippen molar-refractivity contribution >= 4 is 0 Å². The van der Waals surface area contributed by atoms with Gasteiger partial charge in [0.25, 0.3) is 0 Å². The zero-order chi connectivity index (χ0) is 12.3. The molecule has 4 heteroatoms. The number of hydrogen-bond acceptors (Lipinski definition) is 1. The van der Waals surface area contributed by atoms with Crippen LogP contribution in [0.5, 0.6) is 5.75 Å². The Kier molecular flexibility index (Phi) is 3.83. The molecule has 0 saturated carbocycles. The van der Waals surface area contributed by atoms with E-state index in [4.69, 9.17) is 4.74 Å². The molecule has 1 aromatic rings. The van der Waals surface area contributed by atoms with E-state index in [1.165, 1.54) is 13.2 Å². The third kappa shape index (κ3) is 2.68. The largest absolute Gasteiger partial charge is 0.497 e. The number of halogens is 3. The quantitative estimate of drug-likeness (QED) is 0.757. The average Bonchev–Trinajstić information content (AvgIpc) is 2.26. The normalized spacial score (nSPS) is 13.6. The molecule has 0 aliphatic heterocycles. The molecule has 0 radical (unpaired) electrons. The predicted molar refractivity (Wildman–Crippen MR) is 56.7 cm³/mol. The first-order valence-electron chi connectivity index (χ1n) is 5.15. The lowest BCUT2D eigenvalue weighted by atomic mass is 9.93. The van der Waals surface area contributed by atoms with Gasteiger partial charge in [0.1, 0.15) is 5.75 Å². The molecule has 0 N–H and O–H groups in total. The van der Waals surface area contributed by atoms with Crippen molar-refractivity contribution in [2.75, 3.05) is 7.11 Å². The lowest BCUT2D eigenvalue weighted by molar-refractivity contribution is -0.138. The average molecular weight is 232 g/mol. The highest BCUT2D eigenvalue weighted by Gasteiger charge is 2.34. The zero-order valence-electron chi connectivity index (χ0n) is 9.56. The fraction of sp³-hybridized carbons (Fsp3) is 0.500. The first-order chi connectivity index (χ1) is 7.40. The minimum atomic E-state index is -4.33. The second kappa shape index (κ2) is 4.76. The van der Waals surface area contributed by atoms with Crippen molar-refractivity contribution in [1.29, 1.82) is 0 Å². The summed E-state index contributed by atoms with van der Waals surface area (Å²) < 4.78 is 43.2. The first-order valence-corrected chi connectivity index (χ1v) is 5.15. The molecule has 0 aliphatic rings. The van der Waals surface area contributed by atoms with Crippen molar-refractivity contribution in [1.82, 2.24) is 0 Å². The molecular weight excluding hydrogens is 217 g/mol. The van der Waals surface area contributed by atoms with Crippen molar-refractivity contribution in [3.63, 3.8) is 0 Å². The van der Waals surface area contributed by atoms with Gasteiger partial charge < -0.3 is 4.74 Å². The molecule has 0 aromatic heterocycles. The minimum Gasteiger partial charge on any atom is -0.497 e. The lowest BCUT2D eigenvalue weighted by Crippen LogP contribution is -2.11. The van der Waals surface area contributed by atoms with Gasteiger partial charge in [-0.1, -0.05) is 19.9 Å². The maximum atomic E-state index is 12.8. The Morgan fingerprint density at radius 1 is 1.31 bits per heavy atom. The van der Waals surface area contributed by atoms with Crippen molar-refractivity contribution in [2.45, 2.75) is 32.4 Å². The molecule has 1 atom stereocenters. The lowest BCUT2D eigenvalue weighted by Gasteiger charge is -2.18. The number of ether oxygens (including phenoxy) is 1. The summed E-state index contributed by atoms with van der Waals surface area (Å²) in [5, 5.41) is 0. The number of rotatable bonds is 3. The molecule has 0 amide bonds. The van der Waals surface area contributed by atoms with Gasteiger partial charge in [-0.15, -0.1) is 0 Å². The fourth-order valence-electron chi connectivity index (χ4n) is 1.56. The van der Waals surface area contributed by atoms with Gasteiger partial charge in [-0.25, -0.2) is 0 Å². The van der Waals surface area contributed by atoms with Crippen LogP contribution < -0.4 is 4.74 Å². The molecule has 1 aromatic carbocycles. The van der Waals surface area contributed by atoms with Gasteiger partial charge in [-0.3, -0.25) is 0 Å². The highest BCUT2D eigenvalue weighted by Crippen LogP contribution is 2.38. The maximum absolute atomic E-state index is 12.8. The Morgan fingerprint density at radius 2 is 1.94 bits per heavy atom. The molecule has 16 heavy (non-hydrogen) atoms. The second-order valence-electron chi connectivity index (χ2n) is 3.76. The third-order valence-electron chi connectivity index (χ3n) is 2.71. The van der Waals surface area contributed by atoms with E-state index in [-0.39, 0.29) is 11.7 Å². The summed E-state index contributed by atoms with van der Waals surface area (Å²) >= 11 is 0. The van der Waals surface area contributed by atoms with Crippen LogP contribution >= 0.6 is 0 Å². The molecule has 1 unspecified atom stereocenters. The van der Waals surface area contributed by atoms with Crippen LogP contribution in [0.2, 0.25) is 0 Å². The van der Waals surface area contributed by atoms with Gasteiger partial charge in [-0.05, 0) is 30.0 Å². The van der Waals surface area contributed by atoms with Crippen molar-refractivity contribution in [3.05, 3.63) is 29.3 Å². The SMILES string of the molecule is CCC(C)c1ccc(OC)cc1C(F)(F)F. The third-order valence-corrected chi connectivity index (χ3v) is 2.71. The van der Waals surface area contributed by atoms with Gasteiger partial charge >= 0.3 is 6.18 Å². The molecule has 0 fully saturated rings. The van der Waals surface area contributed by atoms with E-state index in [1.807, 2.05) is 6.92 Å². The summed E-state index contributed by atoms with van der Waals surface area (Å²) in [4.78, 5) is 0. The molecule has 1 nitrogen and oxygen atoms in total. The fourth-order valence-corrected chi connectivity index (χ4v) is 1.56. The minimum absolute atomic E-state index is 0.109. The predicted octanol–water partition coefficient (Wildman–Crippen LogP) is 4.23. The van der Waals surface area contributed by atoms with Crippen LogP contribution in [-0.4, -0.2) is 7.11 Å². The number of alkyl halides is 3. The summed E-state index contributed by atoms with van der Waals surface area (Å²) in [6.07, 6.45) is -3.65. The van der Waals surface area contributed by atoms with Gasteiger partial charge in [-0.2, -0.15) is 13.2 Å². The molecule has 0 bridgehead atoms. The number of benzene rings is 1.